The molecule has 0 N–H and O–H groups in total. The van der Waals surface area contributed by atoms with Gasteiger partial charge in [-0.15, -0.1) is 0 Å². The minimum Gasteiger partial charge on any atom is -0.492 e. The normalized spacial score (nSPS) is 17.5. The van der Waals surface area contributed by atoms with Gasteiger partial charge < -0.3 is 23.4 Å². The summed E-state index contributed by atoms with van der Waals surface area (Å²) in [6, 6.07) is 10.0. The van der Waals surface area contributed by atoms with Gasteiger partial charge in [-0.3, -0.25) is 9.59 Å². The van der Waals surface area contributed by atoms with E-state index in [0.717, 1.165) is 0 Å². The molecule has 0 spiro atoms. The second-order valence-electron chi connectivity index (χ2n) is 9.59. The molecule has 0 saturated heterocycles. The van der Waals surface area contributed by atoms with E-state index < -0.39 is 5.60 Å². The zero-order chi connectivity index (χ0) is 26.0. The first-order valence-electron chi connectivity index (χ1n) is 11.6. The molecule has 1 saturated carbocycles. The zero-order valence-corrected chi connectivity index (χ0v) is 22.9. The van der Waals surface area contributed by atoms with E-state index >= 15 is 0 Å². The van der Waals surface area contributed by atoms with E-state index in [2.05, 4.69) is 15.9 Å². The molecule has 2 aromatic carbocycles. The Morgan fingerprint density at radius 1 is 1.14 bits per heavy atom. The highest BCUT2D eigenvalue weighted by Gasteiger charge is 2.37. The SMILES string of the molecule is COc1c(-c2cc(=O)c3cccc(Cl)c3o2)ccc(Br)c1OCCOC1CC(C(=O)OC(C)(C)C)C1. The van der Waals surface area contributed by atoms with Crippen molar-refractivity contribution >= 4 is 44.5 Å². The molecule has 0 radical (unpaired) electrons. The van der Waals surface area contributed by atoms with E-state index in [1.165, 1.54) is 13.2 Å². The predicted octanol–water partition coefficient (Wildman–Crippen LogP) is 6.40. The van der Waals surface area contributed by atoms with Gasteiger partial charge in [0.25, 0.3) is 0 Å². The summed E-state index contributed by atoms with van der Waals surface area (Å²) in [7, 11) is 1.52. The van der Waals surface area contributed by atoms with Crippen LogP contribution in [0, 0.1) is 5.92 Å². The van der Waals surface area contributed by atoms with Crippen LogP contribution in [0.3, 0.4) is 0 Å². The van der Waals surface area contributed by atoms with Gasteiger partial charge in [0.15, 0.2) is 22.5 Å². The van der Waals surface area contributed by atoms with E-state index in [1.54, 1.807) is 30.3 Å². The van der Waals surface area contributed by atoms with E-state index in [1.807, 2.05) is 20.8 Å². The Morgan fingerprint density at radius 2 is 1.89 bits per heavy atom. The standard InChI is InChI=1S/C27H28BrClO7/c1-27(2,3)36-26(31)15-12-16(13-15)33-10-11-34-25-19(28)9-8-18(24(25)32-4)22-14-21(30)17-6-5-7-20(29)23(17)35-22/h5-9,14-16H,10-13H2,1-4H3. The summed E-state index contributed by atoms with van der Waals surface area (Å²) in [6.45, 7) is 6.18. The Kier molecular flexibility index (Phi) is 7.97. The van der Waals surface area contributed by atoms with Crippen LogP contribution in [0.4, 0.5) is 0 Å². The van der Waals surface area contributed by atoms with Gasteiger partial charge in [-0.05, 0) is 73.8 Å². The third-order valence-electron chi connectivity index (χ3n) is 5.76. The summed E-state index contributed by atoms with van der Waals surface area (Å²) in [5.74, 6) is 0.888. The Balaban J connectivity index is 1.42. The number of carbonyl (C=O) groups excluding carboxylic acids is 1. The van der Waals surface area contributed by atoms with Crippen molar-refractivity contribution in [3.05, 3.63) is 56.1 Å². The average molecular weight is 580 g/mol. The minimum absolute atomic E-state index is 0.000544. The molecule has 4 rings (SSSR count). The van der Waals surface area contributed by atoms with Gasteiger partial charge in [0, 0.05) is 6.07 Å². The predicted molar refractivity (Wildman–Crippen MR) is 141 cm³/mol. The van der Waals surface area contributed by atoms with Gasteiger partial charge in [0.1, 0.15) is 18.0 Å². The molecule has 9 heteroatoms. The molecule has 1 aliphatic rings. The lowest BCUT2D eigenvalue weighted by atomic mass is 9.82. The molecule has 0 atom stereocenters. The lowest BCUT2D eigenvalue weighted by Crippen LogP contribution is -2.40. The van der Waals surface area contributed by atoms with Gasteiger partial charge in [-0.1, -0.05) is 17.7 Å². The van der Waals surface area contributed by atoms with Crippen LogP contribution in [0.25, 0.3) is 22.3 Å². The van der Waals surface area contributed by atoms with Crippen molar-refractivity contribution in [3.8, 4) is 22.8 Å². The number of hydrogen-bond acceptors (Lipinski definition) is 7. The topological polar surface area (TPSA) is 84.2 Å². The van der Waals surface area contributed by atoms with E-state index in [4.69, 9.17) is 35.0 Å². The maximum Gasteiger partial charge on any atom is 0.309 e. The number of halogens is 2. The Morgan fingerprint density at radius 3 is 2.58 bits per heavy atom. The van der Waals surface area contributed by atoms with Gasteiger partial charge in [-0.25, -0.2) is 0 Å². The molecule has 1 heterocycles. The monoisotopic (exact) mass is 578 g/mol. The van der Waals surface area contributed by atoms with Crippen molar-refractivity contribution < 1.29 is 28.2 Å². The third kappa shape index (κ3) is 5.88. The fourth-order valence-electron chi connectivity index (χ4n) is 3.98. The van der Waals surface area contributed by atoms with Gasteiger partial charge in [-0.2, -0.15) is 0 Å². The van der Waals surface area contributed by atoms with Crippen LogP contribution in [0.2, 0.25) is 5.02 Å². The number of rotatable bonds is 8. The van der Waals surface area contributed by atoms with Crippen molar-refractivity contribution in [2.24, 2.45) is 5.92 Å². The Bertz CT molecular complexity index is 1320. The summed E-state index contributed by atoms with van der Waals surface area (Å²) in [6.07, 6.45) is 1.28. The minimum atomic E-state index is -0.487. The van der Waals surface area contributed by atoms with Crippen LogP contribution in [0.5, 0.6) is 11.5 Å². The molecule has 0 amide bonds. The maximum atomic E-state index is 12.7. The number of para-hydroxylation sites is 1. The lowest BCUT2D eigenvalue weighted by molar-refractivity contribution is -0.169. The van der Waals surface area contributed by atoms with Crippen molar-refractivity contribution in [3.63, 3.8) is 0 Å². The number of fused-ring (bicyclic) bond motifs is 1. The van der Waals surface area contributed by atoms with Crippen LogP contribution in [0.15, 0.2) is 50.1 Å². The number of ether oxygens (including phenoxy) is 4. The highest BCUT2D eigenvalue weighted by atomic mass is 79.9. The fourth-order valence-corrected chi connectivity index (χ4v) is 4.62. The molecule has 3 aromatic rings. The molecule has 0 bridgehead atoms. The first kappa shape index (κ1) is 26.5. The van der Waals surface area contributed by atoms with Gasteiger partial charge >= 0.3 is 5.97 Å². The van der Waals surface area contributed by atoms with Crippen LogP contribution >= 0.6 is 27.5 Å². The number of methoxy groups -OCH3 is 1. The molecule has 0 unspecified atom stereocenters. The molecule has 192 valence electrons. The second kappa shape index (κ2) is 10.8. The number of benzene rings is 2. The van der Waals surface area contributed by atoms with Crippen molar-refractivity contribution in [1.29, 1.82) is 0 Å². The highest BCUT2D eigenvalue weighted by molar-refractivity contribution is 9.10. The smallest absolute Gasteiger partial charge is 0.309 e. The number of carbonyl (C=O) groups is 1. The van der Waals surface area contributed by atoms with E-state index in [9.17, 15) is 9.59 Å². The molecule has 1 aromatic heterocycles. The molecule has 1 fully saturated rings. The summed E-state index contributed by atoms with van der Waals surface area (Å²) in [4.78, 5) is 24.8. The van der Waals surface area contributed by atoms with E-state index in [0.29, 0.717) is 62.7 Å². The number of esters is 1. The van der Waals surface area contributed by atoms with Crippen LogP contribution in [0.1, 0.15) is 33.6 Å². The zero-order valence-electron chi connectivity index (χ0n) is 20.6. The molecular weight excluding hydrogens is 552 g/mol. The maximum absolute atomic E-state index is 12.7. The Hall–Kier alpha value is -2.55. The number of hydrogen-bond donors (Lipinski definition) is 0. The quantitative estimate of drug-likeness (QED) is 0.225. The Labute approximate surface area is 222 Å². The van der Waals surface area contributed by atoms with Crippen molar-refractivity contribution in [1.82, 2.24) is 0 Å². The average Bonchev–Trinajstić information content (AvgIpc) is 2.77. The largest absolute Gasteiger partial charge is 0.492 e. The first-order chi connectivity index (χ1) is 17.1. The molecule has 7 nitrogen and oxygen atoms in total. The molecular formula is C27H28BrClO7. The summed E-state index contributed by atoms with van der Waals surface area (Å²) in [5.41, 5.74) is 0.168. The third-order valence-corrected chi connectivity index (χ3v) is 6.68. The molecule has 0 aliphatic heterocycles. The van der Waals surface area contributed by atoms with E-state index in [-0.39, 0.29) is 30.0 Å². The van der Waals surface area contributed by atoms with Crippen LogP contribution in [-0.2, 0) is 14.3 Å². The second-order valence-corrected chi connectivity index (χ2v) is 10.9. The fraction of sp³-hybridized carbons (Fsp3) is 0.407. The van der Waals surface area contributed by atoms with Crippen molar-refractivity contribution in [2.45, 2.75) is 45.3 Å². The summed E-state index contributed by atoms with van der Waals surface area (Å²) >= 11 is 9.77. The first-order valence-corrected chi connectivity index (χ1v) is 12.8. The van der Waals surface area contributed by atoms with Crippen LogP contribution < -0.4 is 14.9 Å². The van der Waals surface area contributed by atoms with Crippen LogP contribution in [-0.4, -0.2) is 38.0 Å². The summed E-state index contributed by atoms with van der Waals surface area (Å²) in [5, 5.41) is 0.752. The highest BCUT2D eigenvalue weighted by Crippen LogP contribution is 2.43. The lowest BCUT2D eigenvalue weighted by Gasteiger charge is -2.35. The van der Waals surface area contributed by atoms with Gasteiger partial charge in [0.05, 0.1) is 46.2 Å². The summed E-state index contributed by atoms with van der Waals surface area (Å²) < 4.78 is 29.6. The van der Waals surface area contributed by atoms with Gasteiger partial charge in [0.2, 0.25) is 0 Å². The van der Waals surface area contributed by atoms with Crippen molar-refractivity contribution in [2.75, 3.05) is 20.3 Å². The molecule has 1 aliphatic carbocycles. The molecule has 36 heavy (non-hydrogen) atoms.